The van der Waals surface area contributed by atoms with Crippen molar-refractivity contribution in [1.82, 2.24) is 9.88 Å². The second-order valence-electron chi connectivity index (χ2n) is 6.74. The molecule has 0 aliphatic rings. The number of amides is 1. The smallest absolute Gasteiger partial charge is 0.336 e. The second kappa shape index (κ2) is 9.17. The van der Waals surface area contributed by atoms with Gasteiger partial charge >= 0.3 is 5.97 Å². The molecule has 0 saturated carbocycles. The van der Waals surface area contributed by atoms with Crippen LogP contribution in [0.5, 0.6) is 0 Å². The molecule has 28 heavy (non-hydrogen) atoms. The van der Waals surface area contributed by atoms with E-state index in [9.17, 15) is 14.7 Å². The van der Waals surface area contributed by atoms with Crippen molar-refractivity contribution in [3.05, 3.63) is 53.2 Å². The molecule has 2 N–H and O–H groups in total. The summed E-state index contributed by atoms with van der Waals surface area (Å²) in [6.45, 7) is 6.43. The number of carbonyl (C=O) groups is 2. The first-order chi connectivity index (χ1) is 13.3. The number of benzene rings is 1. The Bertz CT molecular complexity index is 900. The summed E-state index contributed by atoms with van der Waals surface area (Å²) in [5.41, 5.74) is 4.51. The fourth-order valence-corrected chi connectivity index (χ4v) is 2.91. The lowest BCUT2D eigenvalue weighted by atomic mass is 9.95. The van der Waals surface area contributed by atoms with E-state index in [0.29, 0.717) is 35.4 Å². The van der Waals surface area contributed by atoms with Gasteiger partial charge in [-0.15, -0.1) is 0 Å². The lowest BCUT2D eigenvalue weighted by Crippen LogP contribution is -2.21. The average molecular weight is 381 g/mol. The number of carbonyl (C=O) groups excluding carboxylic acids is 1. The van der Waals surface area contributed by atoms with Gasteiger partial charge in [-0.1, -0.05) is 18.6 Å². The molecule has 0 atom stereocenters. The highest BCUT2D eigenvalue weighted by molar-refractivity contribution is 6.18. The Kier molecular flexibility index (Phi) is 6.93. The number of carboxylic acid groups (broad SMARTS) is 1. The number of allylic oxidation sites excluding steroid dienone is 1. The molecule has 0 spiro atoms. The molecule has 0 fully saturated rings. The van der Waals surface area contributed by atoms with Crippen molar-refractivity contribution in [2.75, 3.05) is 26.0 Å². The van der Waals surface area contributed by atoms with E-state index >= 15 is 0 Å². The fourth-order valence-electron chi connectivity index (χ4n) is 2.91. The van der Waals surface area contributed by atoms with Gasteiger partial charge in [0.2, 0.25) is 0 Å². The lowest BCUT2D eigenvalue weighted by Gasteiger charge is -2.16. The minimum absolute atomic E-state index is 0.114. The van der Waals surface area contributed by atoms with Crippen LogP contribution in [0.15, 0.2) is 42.1 Å². The predicted molar refractivity (Wildman–Crippen MR) is 112 cm³/mol. The van der Waals surface area contributed by atoms with Crippen LogP contribution in [0.3, 0.4) is 0 Å². The van der Waals surface area contributed by atoms with Crippen LogP contribution in [0.25, 0.3) is 16.8 Å². The number of pyridine rings is 1. The van der Waals surface area contributed by atoms with Crippen LogP contribution in [0.4, 0.5) is 5.69 Å². The Morgan fingerprint density at radius 3 is 2.36 bits per heavy atom. The summed E-state index contributed by atoms with van der Waals surface area (Å²) in [5, 5.41) is 13.0. The molecule has 0 aliphatic carbocycles. The van der Waals surface area contributed by atoms with Gasteiger partial charge in [-0.3, -0.25) is 9.78 Å². The minimum atomic E-state index is -0.949. The maximum atomic E-state index is 12.0. The normalized spacial score (nSPS) is 11.6. The van der Waals surface area contributed by atoms with E-state index in [0.717, 1.165) is 16.8 Å². The Hall–Kier alpha value is -3.15. The summed E-state index contributed by atoms with van der Waals surface area (Å²) in [7, 11) is 3.38. The third-order valence-electron chi connectivity index (χ3n) is 4.54. The predicted octanol–water partition coefficient (Wildman–Crippen LogP) is 4.15. The van der Waals surface area contributed by atoms with Crippen LogP contribution in [0.1, 0.15) is 43.1 Å². The summed E-state index contributed by atoms with van der Waals surface area (Å²) in [4.78, 5) is 29.9. The molecule has 6 nitrogen and oxygen atoms in total. The first-order valence-electron chi connectivity index (χ1n) is 9.29. The van der Waals surface area contributed by atoms with Gasteiger partial charge in [-0.05, 0) is 44.5 Å². The summed E-state index contributed by atoms with van der Waals surface area (Å²) >= 11 is 0. The van der Waals surface area contributed by atoms with Crippen LogP contribution >= 0.6 is 0 Å². The van der Waals surface area contributed by atoms with Gasteiger partial charge in [0.25, 0.3) is 5.91 Å². The molecule has 0 aliphatic heterocycles. The number of carboxylic acids is 1. The Morgan fingerprint density at radius 1 is 1.14 bits per heavy atom. The van der Waals surface area contributed by atoms with E-state index in [-0.39, 0.29) is 5.91 Å². The Morgan fingerprint density at radius 2 is 1.86 bits per heavy atom. The topological polar surface area (TPSA) is 82.5 Å². The number of hydrogen-bond donors (Lipinski definition) is 2. The van der Waals surface area contributed by atoms with Crippen molar-refractivity contribution in [2.45, 2.75) is 27.2 Å². The number of hydrogen-bond acceptors (Lipinski definition) is 4. The van der Waals surface area contributed by atoms with Crippen molar-refractivity contribution in [3.8, 4) is 11.3 Å². The average Bonchev–Trinajstić information content (AvgIpc) is 2.68. The molecule has 1 amide bonds. The molecule has 148 valence electrons. The number of nitrogens with zero attached hydrogens (tertiary/aromatic N) is 2. The van der Waals surface area contributed by atoms with Crippen LogP contribution in [-0.2, 0) is 4.79 Å². The maximum Gasteiger partial charge on any atom is 0.336 e. The van der Waals surface area contributed by atoms with Crippen LogP contribution in [0.2, 0.25) is 0 Å². The standard InChI is InChI=1S/C22H27N3O3/c1-6-14(3)20(22(27)28)17-12-15(8-11-19(17)23-7-2)18-10-9-16(13-24-18)21(26)25(4)5/h8-13,23H,6-7H2,1-5H3,(H,27,28). The van der Waals surface area contributed by atoms with Crippen molar-refractivity contribution in [3.63, 3.8) is 0 Å². The molecule has 1 heterocycles. The molecule has 0 bridgehead atoms. The van der Waals surface area contributed by atoms with E-state index in [1.165, 1.54) is 4.90 Å². The number of aliphatic carboxylic acids is 1. The third kappa shape index (κ3) is 4.57. The van der Waals surface area contributed by atoms with Crippen LogP contribution in [-0.4, -0.2) is 47.5 Å². The highest BCUT2D eigenvalue weighted by atomic mass is 16.4. The first kappa shape index (κ1) is 21.2. The van der Waals surface area contributed by atoms with Gasteiger partial charge < -0.3 is 15.3 Å². The van der Waals surface area contributed by atoms with Gasteiger partial charge in [0.05, 0.1) is 16.8 Å². The lowest BCUT2D eigenvalue weighted by molar-refractivity contribution is -0.130. The molecule has 1 aromatic carbocycles. The zero-order valence-electron chi connectivity index (χ0n) is 17.0. The van der Waals surface area contributed by atoms with Gasteiger partial charge in [-0.2, -0.15) is 0 Å². The van der Waals surface area contributed by atoms with Gasteiger partial charge in [0.15, 0.2) is 0 Å². The zero-order chi connectivity index (χ0) is 20.8. The van der Waals surface area contributed by atoms with Crippen molar-refractivity contribution in [2.24, 2.45) is 0 Å². The molecule has 2 rings (SSSR count). The monoisotopic (exact) mass is 381 g/mol. The highest BCUT2D eigenvalue weighted by Gasteiger charge is 2.18. The number of aromatic nitrogens is 1. The summed E-state index contributed by atoms with van der Waals surface area (Å²) in [5.74, 6) is -1.06. The number of anilines is 1. The highest BCUT2D eigenvalue weighted by Crippen LogP contribution is 2.32. The molecule has 0 unspecified atom stereocenters. The fraction of sp³-hybridized carbons (Fsp3) is 0.318. The first-order valence-corrected chi connectivity index (χ1v) is 9.29. The van der Waals surface area contributed by atoms with Crippen LogP contribution in [0, 0.1) is 0 Å². The molecular weight excluding hydrogens is 354 g/mol. The molecular formula is C22H27N3O3. The van der Waals surface area contributed by atoms with Crippen molar-refractivity contribution in [1.29, 1.82) is 0 Å². The molecule has 0 radical (unpaired) electrons. The summed E-state index contributed by atoms with van der Waals surface area (Å²) in [6, 6.07) is 9.13. The van der Waals surface area contributed by atoms with E-state index in [1.807, 2.05) is 39.0 Å². The number of nitrogens with one attached hydrogen (secondary N) is 1. The van der Waals surface area contributed by atoms with E-state index in [4.69, 9.17) is 0 Å². The Balaban J connectivity index is 2.56. The third-order valence-corrected chi connectivity index (χ3v) is 4.54. The SMILES string of the molecule is CCNc1ccc(-c2ccc(C(=O)N(C)C)cn2)cc1C(C(=O)O)=C(C)CC. The quantitative estimate of drug-likeness (QED) is 0.704. The molecule has 1 aromatic heterocycles. The molecule has 0 saturated heterocycles. The largest absolute Gasteiger partial charge is 0.478 e. The zero-order valence-corrected chi connectivity index (χ0v) is 17.0. The summed E-state index contributed by atoms with van der Waals surface area (Å²) < 4.78 is 0. The van der Waals surface area contributed by atoms with Crippen LogP contribution < -0.4 is 5.32 Å². The van der Waals surface area contributed by atoms with E-state index in [2.05, 4.69) is 10.3 Å². The Labute approximate surface area is 165 Å². The second-order valence-corrected chi connectivity index (χ2v) is 6.74. The van der Waals surface area contributed by atoms with Crippen molar-refractivity contribution < 1.29 is 14.7 Å². The van der Waals surface area contributed by atoms with E-state index < -0.39 is 5.97 Å². The molecule has 6 heteroatoms. The minimum Gasteiger partial charge on any atom is -0.478 e. The molecule has 2 aromatic rings. The van der Waals surface area contributed by atoms with E-state index in [1.54, 1.807) is 32.4 Å². The summed E-state index contributed by atoms with van der Waals surface area (Å²) in [6.07, 6.45) is 2.19. The number of rotatable bonds is 7. The van der Waals surface area contributed by atoms with Gasteiger partial charge in [0, 0.05) is 43.7 Å². The van der Waals surface area contributed by atoms with Crippen molar-refractivity contribution >= 4 is 23.1 Å². The maximum absolute atomic E-state index is 12.0. The van der Waals surface area contributed by atoms with Gasteiger partial charge in [0.1, 0.15) is 0 Å². The van der Waals surface area contributed by atoms with Gasteiger partial charge in [-0.25, -0.2) is 4.79 Å².